The molecule has 0 radical (unpaired) electrons. The van der Waals surface area contributed by atoms with E-state index < -0.39 is 41.6 Å². The molecule has 2 aliphatic carbocycles. The minimum atomic E-state index is -1.44. The lowest BCUT2D eigenvalue weighted by molar-refractivity contribution is -0.243. The van der Waals surface area contributed by atoms with Crippen molar-refractivity contribution in [3.8, 4) is 0 Å². The maximum absolute atomic E-state index is 13.6. The summed E-state index contributed by atoms with van der Waals surface area (Å²) in [5.74, 6) is -2.30. The molecule has 1 aliphatic heterocycles. The van der Waals surface area contributed by atoms with E-state index in [-0.39, 0.29) is 18.4 Å². The highest BCUT2D eigenvalue weighted by atomic mass is 16.7. The van der Waals surface area contributed by atoms with E-state index in [0.717, 1.165) is 0 Å². The van der Waals surface area contributed by atoms with Crippen LogP contribution in [0.2, 0.25) is 0 Å². The third-order valence-electron chi connectivity index (χ3n) is 6.80. The van der Waals surface area contributed by atoms with Crippen LogP contribution in [-0.4, -0.2) is 49.4 Å². The van der Waals surface area contributed by atoms with Crippen LogP contribution in [0.3, 0.4) is 0 Å². The number of ketones is 1. The van der Waals surface area contributed by atoms with E-state index >= 15 is 0 Å². The van der Waals surface area contributed by atoms with Crippen LogP contribution in [-0.2, 0) is 23.7 Å². The van der Waals surface area contributed by atoms with E-state index in [4.69, 9.17) is 18.9 Å². The first-order valence-corrected chi connectivity index (χ1v) is 11.0. The Morgan fingerprint density at radius 2 is 1.61 bits per heavy atom. The normalized spacial score (nSPS) is 31.8. The number of allylic oxidation sites excluding steroid dienone is 1. The van der Waals surface area contributed by atoms with Gasteiger partial charge in [-0.1, -0.05) is 48.6 Å². The van der Waals surface area contributed by atoms with Crippen LogP contribution in [0.1, 0.15) is 27.1 Å². The standard InChI is InChI=1S/C26H24O7/c1-30-25-22(27)26(33-24(29)17-10-6-3-7-11-17)19-13-12-18(14-19)21(26)20(32-25)15-31-23(28)16-8-4-2-5-9-16/h2-13,18-21,25H,14-15H2,1H3/t18-,19+,20+,21-,25+,26-/m0/s1. The molecule has 1 saturated heterocycles. The topological polar surface area (TPSA) is 88.1 Å². The fourth-order valence-electron chi connectivity index (χ4n) is 5.37. The number of esters is 2. The van der Waals surface area contributed by atoms with Crippen molar-refractivity contribution < 1.29 is 33.3 Å². The van der Waals surface area contributed by atoms with Gasteiger partial charge in [-0.25, -0.2) is 9.59 Å². The number of carbonyl (C=O) groups is 3. The van der Waals surface area contributed by atoms with Crippen molar-refractivity contribution >= 4 is 17.7 Å². The minimum Gasteiger partial charge on any atom is -0.459 e. The summed E-state index contributed by atoms with van der Waals surface area (Å²) in [6, 6.07) is 17.2. The van der Waals surface area contributed by atoms with Crippen LogP contribution in [0.5, 0.6) is 0 Å². The summed E-state index contributed by atoms with van der Waals surface area (Å²) in [5.41, 5.74) is -0.658. The van der Waals surface area contributed by atoms with Gasteiger partial charge in [-0.15, -0.1) is 0 Å². The molecule has 0 N–H and O–H groups in total. The molecule has 1 heterocycles. The van der Waals surface area contributed by atoms with Crippen LogP contribution in [0.15, 0.2) is 72.8 Å². The largest absolute Gasteiger partial charge is 0.459 e. The van der Waals surface area contributed by atoms with Gasteiger partial charge in [0.1, 0.15) is 12.7 Å². The zero-order chi connectivity index (χ0) is 23.0. The third kappa shape index (κ3) is 3.57. The number of methoxy groups -OCH3 is 1. The Hall–Kier alpha value is -3.29. The molecule has 3 aliphatic rings. The number of benzene rings is 2. The molecular formula is C26H24O7. The SMILES string of the molecule is CO[C@@H]1O[C@H](COC(=O)c2ccccc2)[C@@H]2[C@H]3C=C[C@H](C3)[C@@]2(OC(=O)c2ccccc2)C1=O. The van der Waals surface area contributed by atoms with Gasteiger partial charge in [0, 0.05) is 18.9 Å². The lowest BCUT2D eigenvalue weighted by Crippen LogP contribution is -2.65. The summed E-state index contributed by atoms with van der Waals surface area (Å²) in [6.07, 6.45) is 2.71. The molecule has 7 nitrogen and oxygen atoms in total. The average Bonchev–Trinajstić information content (AvgIpc) is 3.46. The molecule has 170 valence electrons. The Morgan fingerprint density at radius 1 is 0.970 bits per heavy atom. The van der Waals surface area contributed by atoms with E-state index in [0.29, 0.717) is 17.5 Å². The molecule has 33 heavy (non-hydrogen) atoms. The summed E-state index contributed by atoms with van der Waals surface area (Å²) in [5, 5.41) is 0. The van der Waals surface area contributed by atoms with E-state index in [1.54, 1.807) is 54.6 Å². The number of carbonyl (C=O) groups excluding carboxylic acids is 3. The first-order chi connectivity index (χ1) is 16.0. The van der Waals surface area contributed by atoms with Gasteiger partial charge in [0.15, 0.2) is 5.60 Å². The predicted molar refractivity (Wildman–Crippen MR) is 116 cm³/mol. The molecule has 5 rings (SSSR count). The maximum atomic E-state index is 13.6. The summed E-state index contributed by atoms with van der Waals surface area (Å²) in [6.45, 7) is -0.0900. The van der Waals surface area contributed by atoms with Crippen LogP contribution >= 0.6 is 0 Å². The Labute approximate surface area is 191 Å². The van der Waals surface area contributed by atoms with E-state index in [9.17, 15) is 14.4 Å². The molecule has 6 atom stereocenters. The van der Waals surface area contributed by atoms with E-state index in [1.807, 2.05) is 18.2 Å². The smallest absolute Gasteiger partial charge is 0.339 e. The lowest BCUT2D eigenvalue weighted by Gasteiger charge is -2.48. The van der Waals surface area contributed by atoms with Gasteiger partial charge in [-0.3, -0.25) is 4.79 Å². The third-order valence-corrected chi connectivity index (χ3v) is 6.80. The predicted octanol–water partition coefficient (Wildman–Crippen LogP) is 3.20. The Balaban J connectivity index is 1.44. The van der Waals surface area contributed by atoms with Crippen LogP contribution in [0.4, 0.5) is 0 Å². The van der Waals surface area contributed by atoms with Gasteiger partial charge in [0.05, 0.1) is 11.1 Å². The molecule has 0 unspecified atom stereocenters. The first kappa shape index (κ1) is 21.6. The molecule has 7 heteroatoms. The second kappa shape index (κ2) is 8.57. The average molecular weight is 448 g/mol. The van der Waals surface area contributed by atoms with Crippen molar-refractivity contribution in [3.63, 3.8) is 0 Å². The van der Waals surface area contributed by atoms with Crippen molar-refractivity contribution in [2.24, 2.45) is 17.8 Å². The molecule has 2 aromatic rings. The Morgan fingerprint density at radius 3 is 2.24 bits per heavy atom. The zero-order valence-electron chi connectivity index (χ0n) is 18.1. The lowest BCUT2D eigenvalue weighted by atomic mass is 9.71. The summed E-state index contributed by atoms with van der Waals surface area (Å²) < 4.78 is 22.9. The van der Waals surface area contributed by atoms with Crippen molar-refractivity contribution in [2.75, 3.05) is 13.7 Å². The molecule has 1 saturated carbocycles. The molecule has 2 aromatic carbocycles. The Kier molecular flexibility index (Phi) is 5.60. The number of rotatable bonds is 6. The Bertz CT molecular complexity index is 1080. The molecule has 0 spiro atoms. The summed E-state index contributed by atoms with van der Waals surface area (Å²) in [4.78, 5) is 39.1. The highest BCUT2D eigenvalue weighted by Crippen LogP contribution is 2.57. The van der Waals surface area contributed by atoms with Gasteiger partial charge in [-0.05, 0) is 36.6 Å². The van der Waals surface area contributed by atoms with Crippen molar-refractivity contribution in [1.29, 1.82) is 0 Å². The van der Waals surface area contributed by atoms with Crippen molar-refractivity contribution in [3.05, 3.63) is 83.9 Å². The highest BCUT2D eigenvalue weighted by molar-refractivity contribution is 5.98. The molecule has 2 bridgehead atoms. The molecule has 0 amide bonds. The molecule has 0 aromatic heterocycles. The number of ether oxygens (including phenoxy) is 4. The van der Waals surface area contributed by atoms with E-state index in [2.05, 4.69) is 0 Å². The zero-order valence-corrected chi connectivity index (χ0v) is 18.1. The minimum absolute atomic E-state index is 0.0410. The van der Waals surface area contributed by atoms with Crippen LogP contribution < -0.4 is 0 Å². The highest BCUT2D eigenvalue weighted by Gasteiger charge is 2.69. The summed E-state index contributed by atoms with van der Waals surface area (Å²) in [7, 11) is 1.37. The molecular weight excluding hydrogens is 424 g/mol. The van der Waals surface area contributed by atoms with Crippen molar-refractivity contribution in [2.45, 2.75) is 24.4 Å². The van der Waals surface area contributed by atoms with Crippen LogP contribution in [0, 0.1) is 17.8 Å². The maximum Gasteiger partial charge on any atom is 0.339 e. The van der Waals surface area contributed by atoms with Gasteiger partial charge in [0.25, 0.3) is 0 Å². The molecule has 2 fully saturated rings. The number of hydrogen-bond acceptors (Lipinski definition) is 7. The number of hydrogen-bond donors (Lipinski definition) is 0. The van der Waals surface area contributed by atoms with E-state index in [1.165, 1.54) is 7.11 Å². The summed E-state index contributed by atoms with van der Waals surface area (Å²) >= 11 is 0. The first-order valence-electron chi connectivity index (χ1n) is 11.0. The van der Waals surface area contributed by atoms with Gasteiger partial charge < -0.3 is 18.9 Å². The second-order valence-electron chi connectivity index (χ2n) is 8.54. The number of fused-ring (bicyclic) bond motifs is 5. The second-order valence-corrected chi connectivity index (χ2v) is 8.54. The number of Topliss-reactive ketones (excluding diaryl/α,β-unsaturated/α-hetero) is 1. The fraction of sp³-hybridized carbons (Fsp3) is 0.346. The van der Waals surface area contributed by atoms with Crippen molar-refractivity contribution in [1.82, 2.24) is 0 Å². The van der Waals surface area contributed by atoms with Gasteiger partial charge in [0.2, 0.25) is 12.1 Å². The van der Waals surface area contributed by atoms with Gasteiger partial charge in [-0.2, -0.15) is 0 Å². The quantitative estimate of drug-likeness (QED) is 0.495. The van der Waals surface area contributed by atoms with Gasteiger partial charge >= 0.3 is 11.9 Å². The monoisotopic (exact) mass is 448 g/mol. The van der Waals surface area contributed by atoms with Crippen LogP contribution in [0.25, 0.3) is 0 Å². The fourth-order valence-corrected chi connectivity index (χ4v) is 5.37.